The van der Waals surface area contributed by atoms with Gasteiger partial charge in [-0.2, -0.15) is 0 Å². The Morgan fingerprint density at radius 3 is 2.87 bits per heavy atom. The molecule has 0 amide bonds. The molecule has 2 rings (SSSR count). The quantitative estimate of drug-likeness (QED) is 0.705. The van der Waals surface area contributed by atoms with Crippen molar-refractivity contribution in [2.75, 3.05) is 13.9 Å². The first-order valence-electron chi connectivity index (χ1n) is 5.16. The van der Waals surface area contributed by atoms with Crippen molar-refractivity contribution in [2.24, 2.45) is 0 Å². The summed E-state index contributed by atoms with van der Waals surface area (Å²) < 4.78 is 10.5. The van der Waals surface area contributed by atoms with Crippen molar-refractivity contribution in [2.45, 2.75) is 19.8 Å². The molecule has 1 aromatic rings. The average Bonchev–Trinajstić information content (AvgIpc) is 2.61. The van der Waals surface area contributed by atoms with Crippen LogP contribution in [0, 0.1) is 6.92 Å². The van der Waals surface area contributed by atoms with Crippen LogP contribution in [0.1, 0.15) is 23.1 Å². The minimum atomic E-state index is 0.294. The average molecular weight is 204 g/mol. The molecule has 0 atom stereocenters. The van der Waals surface area contributed by atoms with Gasteiger partial charge < -0.3 is 9.47 Å². The minimum Gasteiger partial charge on any atom is -0.467 e. The molecule has 0 fully saturated rings. The van der Waals surface area contributed by atoms with Gasteiger partial charge in [-0.15, -0.1) is 0 Å². The molecular weight excluding hydrogens is 188 g/mol. The minimum absolute atomic E-state index is 0.294. The normalized spacial score (nSPS) is 14.1. The van der Waals surface area contributed by atoms with Gasteiger partial charge in [0.1, 0.15) is 5.75 Å². The van der Waals surface area contributed by atoms with Gasteiger partial charge >= 0.3 is 0 Å². The van der Waals surface area contributed by atoms with E-state index in [9.17, 15) is 0 Å². The van der Waals surface area contributed by atoms with Crippen molar-refractivity contribution in [3.8, 4) is 5.75 Å². The summed E-state index contributed by atoms with van der Waals surface area (Å²) in [5.41, 5.74) is 5.09. The van der Waals surface area contributed by atoms with E-state index in [-0.39, 0.29) is 0 Å². The summed E-state index contributed by atoms with van der Waals surface area (Å²) in [5, 5.41) is 0. The van der Waals surface area contributed by atoms with Crippen LogP contribution in [-0.2, 0) is 11.2 Å². The van der Waals surface area contributed by atoms with Gasteiger partial charge in [0.05, 0.1) is 0 Å². The zero-order valence-electron chi connectivity index (χ0n) is 9.30. The number of benzene rings is 1. The first kappa shape index (κ1) is 10.2. The monoisotopic (exact) mass is 204 g/mol. The Kier molecular flexibility index (Phi) is 2.78. The van der Waals surface area contributed by atoms with Crippen LogP contribution in [0.25, 0.3) is 5.57 Å². The molecule has 0 saturated heterocycles. The van der Waals surface area contributed by atoms with Gasteiger partial charge in [-0.3, -0.25) is 0 Å². The molecule has 0 spiro atoms. The van der Waals surface area contributed by atoms with Crippen LogP contribution in [0.4, 0.5) is 0 Å². The molecule has 2 nitrogen and oxygen atoms in total. The second-order valence-electron chi connectivity index (χ2n) is 3.89. The van der Waals surface area contributed by atoms with Crippen molar-refractivity contribution >= 4 is 5.57 Å². The fraction of sp³-hybridized carbons (Fsp3) is 0.385. The molecule has 0 aromatic heterocycles. The van der Waals surface area contributed by atoms with Gasteiger partial charge in [-0.05, 0) is 42.5 Å². The van der Waals surface area contributed by atoms with Crippen LogP contribution < -0.4 is 4.74 Å². The highest BCUT2D eigenvalue weighted by Crippen LogP contribution is 2.39. The Labute approximate surface area is 90.5 Å². The molecule has 0 radical (unpaired) electrons. The summed E-state index contributed by atoms with van der Waals surface area (Å²) in [5.74, 6) is 0.903. The fourth-order valence-electron chi connectivity index (χ4n) is 2.08. The molecular formula is C13H16O2. The van der Waals surface area contributed by atoms with E-state index in [0.29, 0.717) is 6.79 Å². The van der Waals surface area contributed by atoms with Gasteiger partial charge in [0.2, 0.25) is 0 Å². The van der Waals surface area contributed by atoms with Crippen LogP contribution in [0.5, 0.6) is 5.75 Å². The molecule has 15 heavy (non-hydrogen) atoms. The highest BCUT2D eigenvalue weighted by Gasteiger charge is 2.20. The highest BCUT2D eigenvalue weighted by atomic mass is 16.7. The summed E-state index contributed by atoms with van der Waals surface area (Å²) in [4.78, 5) is 0. The summed E-state index contributed by atoms with van der Waals surface area (Å²) in [6, 6.07) is 4.10. The summed E-state index contributed by atoms with van der Waals surface area (Å²) in [6.45, 7) is 6.52. The van der Waals surface area contributed by atoms with Crippen LogP contribution >= 0.6 is 0 Å². The van der Waals surface area contributed by atoms with Crippen LogP contribution in [-0.4, -0.2) is 13.9 Å². The van der Waals surface area contributed by atoms with E-state index >= 15 is 0 Å². The number of ether oxygens (including phenoxy) is 2. The number of allylic oxidation sites excluding steroid dienone is 1. The molecule has 1 aromatic carbocycles. The molecule has 0 unspecified atom stereocenters. The molecule has 1 aliphatic carbocycles. The number of hydrogen-bond acceptors (Lipinski definition) is 2. The first-order valence-corrected chi connectivity index (χ1v) is 5.16. The van der Waals surface area contributed by atoms with E-state index in [4.69, 9.17) is 9.47 Å². The lowest BCUT2D eigenvalue weighted by molar-refractivity contribution is 0.0509. The van der Waals surface area contributed by atoms with Crippen LogP contribution in [0.3, 0.4) is 0 Å². The molecule has 1 aliphatic rings. The number of fused-ring (bicyclic) bond motifs is 1. The van der Waals surface area contributed by atoms with Crippen LogP contribution in [0.15, 0.2) is 18.7 Å². The van der Waals surface area contributed by atoms with Gasteiger partial charge in [-0.25, -0.2) is 0 Å². The second kappa shape index (κ2) is 4.07. The largest absolute Gasteiger partial charge is 0.467 e. The van der Waals surface area contributed by atoms with E-state index in [1.54, 1.807) is 7.11 Å². The first-order chi connectivity index (χ1) is 7.24. The highest BCUT2D eigenvalue weighted by molar-refractivity contribution is 5.76. The third kappa shape index (κ3) is 1.77. The lowest BCUT2D eigenvalue weighted by atomic mass is 10.0. The van der Waals surface area contributed by atoms with E-state index < -0.39 is 0 Å². The van der Waals surface area contributed by atoms with E-state index in [1.165, 1.54) is 22.3 Å². The van der Waals surface area contributed by atoms with E-state index in [1.807, 2.05) is 6.07 Å². The van der Waals surface area contributed by atoms with Gasteiger partial charge in [0.15, 0.2) is 6.79 Å². The molecule has 0 saturated carbocycles. The number of methoxy groups -OCH3 is 1. The Bertz CT molecular complexity index is 394. The lowest BCUT2D eigenvalue weighted by Crippen LogP contribution is -2.01. The lowest BCUT2D eigenvalue weighted by Gasteiger charge is -2.12. The Morgan fingerprint density at radius 1 is 1.33 bits per heavy atom. The molecule has 80 valence electrons. The topological polar surface area (TPSA) is 18.5 Å². The number of hydrogen-bond donors (Lipinski definition) is 0. The summed E-state index contributed by atoms with van der Waals surface area (Å²) >= 11 is 0. The summed E-state index contributed by atoms with van der Waals surface area (Å²) in [6.07, 6.45) is 2.13. The SMILES string of the molecule is C=C1CCc2c(C)ccc(OCOC)c21. The Morgan fingerprint density at radius 2 is 2.13 bits per heavy atom. The predicted octanol–water partition coefficient (Wildman–Crippen LogP) is 2.94. The van der Waals surface area contributed by atoms with Crippen molar-refractivity contribution in [3.05, 3.63) is 35.4 Å². The predicted molar refractivity (Wildman–Crippen MR) is 61.0 cm³/mol. The number of rotatable bonds is 3. The van der Waals surface area contributed by atoms with Crippen molar-refractivity contribution < 1.29 is 9.47 Å². The fourth-order valence-corrected chi connectivity index (χ4v) is 2.08. The zero-order valence-corrected chi connectivity index (χ0v) is 9.30. The van der Waals surface area contributed by atoms with Gasteiger partial charge in [0, 0.05) is 12.7 Å². The third-order valence-electron chi connectivity index (χ3n) is 2.87. The van der Waals surface area contributed by atoms with E-state index in [0.717, 1.165) is 18.6 Å². The Hall–Kier alpha value is -1.28. The van der Waals surface area contributed by atoms with E-state index in [2.05, 4.69) is 19.6 Å². The third-order valence-corrected chi connectivity index (χ3v) is 2.87. The van der Waals surface area contributed by atoms with Gasteiger partial charge in [0.25, 0.3) is 0 Å². The van der Waals surface area contributed by atoms with Crippen molar-refractivity contribution in [1.82, 2.24) is 0 Å². The van der Waals surface area contributed by atoms with Crippen molar-refractivity contribution in [1.29, 1.82) is 0 Å². The molecule has 0 heterocycles. The maximum absolute atomic E-state index is 5.54. The second-order valence-corrected chi connectivity index (χ2v) is 3.89. The maximum atomic E-state index is 5.54. The maximum Gasteiger partial charge on any atom is 0.188 e. The standard InChI is InChI=1S/C13H16O2/c1-9-5-7-12(15-8-14-3)13-10(2)4-6-11(9)13/h5,7H,2,4,6,8H2,1,3H3. The number of aryl methyl sites for hydroxylation is 1. The molecule has 0 N–H and O–H groups in total. The smallest absolute Gasteiger partial charge is 0.188 e. The summed E-state index contributed by atoms with van der Waals surface area (Å²) in [7, 11) is 1.63. The van der Waals surface area contributed by atoms with Crippen molar-refractivity contribution in [3.63, 3.8) is 0 Å². The molecule has 0 aliphatic heterocycles. The molecule has 2 heteroatoms. The van der Waals surface area contributed by atoms with Gasteiger partial charge in [-0.1, -0.05) is 12.6 Å². The van der Waals surface area contributed by atoms with Crippen LogP contribution in [0.2, 0.25) is 0 Å². The zero-order chi connectivity index (χ0) is 10.8. The Balaban J connectivity index is 2.40. The molecule has 0 bridgehead atoms.